The van der Waals surface area contributed by atoms with Crippen molar-refractivity contribution in [3.05, 3.63) is 0 Å². The Labute approximate surface area is 76.7 Å². The molecule has 0 spiro atoms. The smallest absolute Gasteiger partial charge is 0.237 e. The fourth-order valence-corrected chi connectivity index (χ4v) is 1.38. The van der Waals surface area contributed by atoms with E-state index in [1.54, 1.807) is 0 Å². The first-order chi connectivity index (χ1) is 5.49. The van der Waals surface area contributed by atoms with Gasteiger partial charge in [-0.3, -0.25) is 4.79 Å². The van der Waals surface area contributed by atoms with E-state index in [-0.39, 0.29) is 30.8 Å². The molecule has 1 heterocycles. The lowest BCUT2D eigenvalue weighted by atomic mass is 9.85. The second-order valence-electron chi connectivity index (χ2n) is 3.57. The van der Waals surface area contributed by atoms with Gasteiger partial charge in [0, 0.05) is 0 Å². The predicted molar refractivity (Wildman–Crippen MR) is 46.0 cm³/mol. The van der Waals surface area contributed by atoms with Crippen LogP contribution in [0.4, 0.5) is 4.39 Å². The van der Waals surface area contributed by atoms with Gasteiger partial charge in [0.2, 0.25) is 5.91 Å². The lowest BCUT2D eigenvalue weighted by Crippen LogP contribution is -2.63. The fourth-order valence-electron chi connectivity index (χ4n) is 1.21. The molecule has 0 aromatic heterocycles. The molecule has 1 saturated heterocycles. The number of likely N-dealkylation sites (tertiary alicyclic amines) is 1. The van der Waals surface area contributed by atoms with Crippen molar-refractivity contribution in [3.63, 3.8) is 0 Å². The highest BCUT2D eigenvalue weighted by molar-refractivity contribution is 6.27. The van der Waals surface area contributed by atoms with Crippen molar-refractivity contribution in [1.82, 2.24) is 4.90 Å². The van der Waals surface area contributed by atoms with Gasteiger partial charge in [0.15, 0.2) is 0 Å². The molecular formula is C8H13ClFNO. The van der Waals surface area contributed by atoms with Crippen molar-refractivity contribution < 1.29 is 9.18 Å². The molecule has 1 rings (SSSR count). The molecular weight excluding hydrogens is 181 g/mol. The van der Waals surface area contributed by atoms with Gasteiger partial charge in [0.25, 0.3) is 0 Å². The molecule has 0 bridgehead atoms. The highest BCUT2D eigenvalue weighted by Crippen LogP contribution is 2.32. The summed E-state index contributed by atoms with van der Waals surface area (Å²) < 4.78 is 13.5. The number of halogens is 2. The zero-order valence-electron chi connectivity index (χ0n) is 7.31. The second kappa shape index (κ2) is 3.21. The van der Waals surface area contributed by atoms with Crippen LogP contribution in [0.5, 0.6) is 0 Å². The first-order valence-electron chi connectivity index (χ1n) is 4.02. The van der Waals surface area contributed by atoms with Crippen LogP contribution < -0.4 is 0 Å². The van der Waals surface area contributed by atoms with Crippen molar-refractivity contribution in [2.45, 2.75) is 19.5 Å². The molecule has 70 valence electrons. The van der Waals surface area contributed by atoms with Crippen LogP contribution >= 0.6 is 11.6 Å². The molecule has 0 saturated carbocycles. The van der Waals surface area contributed by atoms with Crippen molar-refractivity contribution in [2.24, 2.45) is 5.92 Å². The first kappa shape index (κ1) is 9.78. The van der Waals surface area contributed by atoms with E-state index < -0.39 is 5.67 Å². The van der Waals surface area contributed by atoms with E-state index in [1.165, 1.54) is 4.90 Å². The summed E-state index contributed by atoms with van der Waals surface area (Å²) in [6.07, 6.45) is 0. The van der Waals surface area contributed by atoms with Crippen LogP contribution in [-0.2, 0) is 4.79 Å². The Morgan fingerprint density at radius 2 is 2.17 bits per heavy atom. The maximum absolute atomic E-state index is 13.5. The summed E-state index contributed by atoms with van der Waals surface area (Å²) in [7, 11) is 0. The first-order valence-corrected chi connectivity index (χ1v) is 4.55. The van der Waals surface area contributed by atoms with Crippen molar-refractivity contribution in [1.29, 1.82) is 0 Å². The monoisotopic (exact) mass is 193 g/mol. The molecule has 1 aliphatic rings. The summed E-state index contributed by atoms with van der Waals surface area (Å²) in [6.45, 7) is 4.05. The molecule has 1 fully saturated rings. The summed E-state index contributed by atoms with van der Waals surface area (Å²) in [5.74, 6) is -0.253. The minimum Gasteiger partial charge on any atom is -0.335 e. The summed E-state index contributed by atoms with van der Waals surface area (Å²) in [5, 5.41) is 0. The van der Waals surface area contributed by atoms with Crippen LogP contribution in [-0.4, -0.2) is 35.4 Å². The zero-order valence-corrected chi connectivity index (χ0v) is 8.07. The van der Waals surface area contributed by atoms with Crippen LogP contribution in [0, 0.1) is 5.92 Å². The largest absolute Gasteiger partial charge is 0.335 e. The van der Waals surface area contributed by atoms with Crippen LogP contribution in [0.25, 0.3) is 0 Å². The van der Waals surface area contributed by atoms with Crippen LogP contribution in [0.3, 0.4) is 0 Å². The van der Waals surface area contributed by atoms with Gasteiger partial charge in [-0.15, -0.1) is 11.6 Å². The van der Waals surface area contributed by atoms with E-state index in [0.717, 1.165) is 0 Å². The van der Waals surface area contributed by atoms with Crippen LogP contribution in [0.2, 0.25) is 0 Å². The Hall–Kier alpha value is -0.310. The third-order valence-electron chi connectivity index (χ3n) is 2.41. The van der Waals surface area contributed by atoms with Gasteiger partial charge in [-0.25, -0.2) is 4.39 Å². The molecule has 12 heavy (non-hydrogen) atoms. The van der Waals surface area contributed by atoms with E-state index in [0.29, 0.717) is 0 Å². The highest BCUT2D eigenvalue weighted by atomic mass is 35.5. The van der Waals surface area contributed by atoms with Crippen LogP contribution in [0.1, 0.15) is 13.8 Å². The average Bonchev–Trinajstić information content (AvgIpc) is 1.96. The van der Waals surface area contributed by atoms with Crippen molar-refractivity contribution in [2.75, 3.05) is 19.0 Å². The number of nitrogens with zero attached hydrogens (tertiary/aromatic N) is 1. The summed E-state index contributed by atoms with van der Waals surface area (Å²) in [4.78, 5) is 12.4. The van der Waals surface area contributed by atoms with Gasteiger partial charge < -0.3 is 4.90 Å². The molecule has 1 aliphatic heterocycles. The quantitative estimate of drug-likeness (QED) is 0.608. The Bertz CT molecular complexity index is 189. The minimum absolute atomic E-state index is 0.0307. The molecule has 1 amide bonds. The molecule has 0 N–H and O–H groups in total. The number of alkyl halides is 2. The summed E-state index contributed by atoms with van der Waals surface area (Å²) >= 11 is 5.32. The fraction of sp³-hybridized carbons (Fsp3) is 0.875. The minimum atomic E-state index is -1.18. The normalized spacial score (nSPS) is 20.9. The van der Waals surface area contributed by atoms with Gasteiger partial charge in [-0.2, -0.15) is 0 Å². The number of carbonyl (C=O) groups excluding carboxylic acids is 1. The molecule has 0 aliphatic carbocycles. The van der Waals surface area contributed by atoms with E-state index in [2.05, 4.69) is 0 Å². The Kier molecular flexibility index (Phi) is 2.61. The topological polar surface area (TPSA) is 20.3 Å². The lowest BCUT2D eigenvalue weighted by molar-refractivity contribution is -0.146. The van der Waals surface area contributed by atoms with Crippen molar-refractivity contribution in [3.8, 4) is 0 Å². The van der Waals surface area contributed by atoms with Crippen molar-refractivity contribution >= 4 is 17.5 Å². The Balaban J connectivity index is 2.41. The maximum Gasteiger partial charge on any atom is 0.237 e. The maximum atomic E-state index is 13.5. The Morgan fingerprint density at radius 3 is 2.50 bits per heavy atom. The molecule has 4 heteroatoms. The molecule has 0 radical (unpaired) electrons. The number of rotatable bonds is 2. The second-order valence-corrected chi connectivity index (χ2v) is 3.84. The third-order valence-corrected chi connectivity index (χ3v) is 2.64. The number of hydrogen-bond donors (Lipinski definition) is 0. The highest BCUT2D eigenvalue weighted by Gasteiger charge is 2.47. The van der Waals surface area contributed by atoms with Gasteiger partial charge in [-0.1, -0.05) is 13.8 Å². The zero-order chi connectivity index (χ0) is 9.35. The molecule has 0 atom stereocenters. The summed E-state index contributed by atoms with van der Waals surface area (Å²) in [6, 6.07) is 0. The molecule has 0 aromatic carbocycles. The number of carbonyl (C=O) groups is 1. The SMILES string of the molecule is CC(C)C1(F)CN(C(=O)CCl)C1. The molecule has 0 aromatic rings. The third kappa shape index (κ3) is 1.56. The summed E-state index contributed by atoms with van der Waals surface area (Å²) in [5.41, 5.74) is -1.18. The standard InChI is InChI=1S/C8H13ClFNO/c1-6(2)8(10)4-11(5-8)7(12)3-9/h6H,3-5H2,1-2H3. The molecule has 2 nitrogen and oxygen atoms in total. The van der Waals surface area contributed by atoms with Gasteiger partial charge in [0.1, 0.15) is 11.5 Å². The van der Waals surface area contributed by atoms with Gasteiger partial charge >= 0.3 is 0 Å². The van der Waals surface area contributed by atoms with E-state index >= 15 is 0 Å². The van der Waals surface area contributed by atoms with E-state index in [9.17, 15) is 9.18 Å². The Morgan fingerprint density at radius 1 is 1.67 bits per heavy atom. The average molecular weight is 194 g/mol. The number of amides is 1. The predicted octanol–water partition coefficient (Wildman–Crippen LogP) is 1.43. The van der Waals surface area contributed by atoms with E-state index in [1.807, 2.05) is 13.8 Å². The number of hydrogen-bond acceptors (Lipinski definition) is 1. The van der Waals surface area contributed by atoms with E-state index in [4.69, 9.17) is 11.6 Å². The lowest BCUT2D eigenvalue weighted by Gasteiger charge is -2.46. The van der Waals surface area contributed by atoms with Gasteiger partial charge in [0.05, 0.1) is 13.1 Å². The van der Waals surface area contributed by atoms with Crippen LogP contribution in [0.15, 0.2) is 0 Å². The molecule has 0 unspecified atom stereocenters. The van der Waals surface area contributed by atoms with Gasteiger partial charge in [-0.05, 0) is 5.92 Å².